The number of piperazine rings is 1. The van der Waals surface area contributed by atoms with Crippen molar-refractivity contribution in [1.29, 1.82) is 0 Å². The monoisotopic (exact) mass is 352 g/mol. The maximum atomic E-state index is 13.3. The van der Waals surface area contributed by atoms with Gasteiger partial charge in [-0.2, -0.15) is 13.2 Å². The fourth-order valence-electron chi connectivity index (χ4n) is 3.20. The molecule has 0 spiro atoms. The summed E-state index contributed by atoms with van der Waals surface area (Å²) >= 11 is 0. The molecule has 0 bridgehead atoms. The zero-order valence-electron chi connectivity index (χ0n) is 12.7. The molecule has 2 aliphatic rings. The van der Waals surface area contributed by atoms with Crippen LogP contribution < -0.4 is 5.32 Å². The second kappa shape index (κ2) is 7.36. The van der Waals surface area contributed by atoms with Crippen LogP contribution in [0.1, 0.15) is 36.4 Å². The topological polar surface area (TPSA) is 15.3 Å². The van der Waals surface area contributed by atoms with Gasteiger partial charge < -0.3 is 5.32 Å². The molecular weight excluding hydrogens is 332 g/mol. The van der Waals surface area contributed by atoms with E-state index in [1.165, 1.54) is 6.07 Å². The third-order valence-corrected chi connectivity index (χ3v) is 4.53. The molecule has 1 saturated carbocycles. The molecule has 0 radical (unpaired) electrons. The van der Waals surface area contributed by atoms with Crippen molar-refractivity contribution in [1.82, 2.24) is 10.2 Å². The van der Waals surface area contributed by atoms with Crippen LogP contribution in [0.5, 0.6) is 0 Å². The van der Waals surface area contributed by atoms with Crippen LogP contribution in [0.3, 0.4) is 0 Å². The van der Waals surface area contributed by atoms with Gasteiger partial charge in [0.2, 0.25) is 0 Å². The molecule has 0 amide bonds. The van der Waals surface area contributed by atoms with Gasteiger partial charge in [0.1, 0.15) is 5.82 Å². The van der Waals surface area contributed by atoms with Gasteiger partial charge in [-0.25, -0.2) is 4.39 Å². The van der Waals surface area contributed by atoms with Crippen LogP contribution in [-0.4, -0.2) is 31.1 Å². The minimum atomic E-state index is -4.52. The molecule has 2 fully saturated rings. The third kappa shape index (κ3) is 4.58. The van der Waals surface area contributed by atoms with E-state index in [9.17, 15) is 17.6 Å². The number of nitrogens with one attached hydrogen (secondary N) is 1. The van der Waals surface area contributed by atoms with E-state index in [0.717, 1.165) is 51.5 Å². The number of alkyl halides is 3. The van der Waals surface area contributed by atoms with Gasteiger partial charge in [0, 0.05) is 32.2 Å². The molecule has 3 rings (SSSR count). The molecule has 23 heavy (non-hydrogen) atoms. The smallest absolute Gasteiger partial charge is 0.314 e. The molecule has 7 heteroatoms. The van der Waals surface area contributed by atoms with Crippen molar-refractivity contribution in [3.63, 3.8) is 0 Å². The Balaban J connectivity index is 0.00000192. The van der Waals surface area contributed by atoms with Gasteiger partial charge in [-0.05, 0) is 30.0 Å². The van der Waals surface area contributed by atoms with E-state index in [1.807, 2.05) is 0 Å². The first-order valence-corrected chi connectivity index (χ1v) is 7.76. The van der Waals surface area contributed by atoms with Crippen LogP contribution in [0.25, 0.3) is 0 Å². The number of benzene rings is 1. The van der Waals surface area contributed by atoms with E-state index >= 15 is 0 Å². The second-order valence-electron chi connectivity index (χ2n) is 6.21. The highest BCUT2D eigenvalue weighted by atomic mass is 35.5. The molecular formula is C16H21ClF4N2. The van der Waals surface area contributed by atoms with Crippen molar-refractivity contribution >= 4 is 12.4 Å². The lowest BCUT2D eigenvalue weighted by Gasteiger charge is -2.36. The van der Waals surface area contributed by atoms with Crippen LogP contribution in [0.15, 0.2) is 18.2 Å². The van der Waals surface area contributed by atoms with Crippen LogP contribution >= 0.6 is 12.4 Å². The summed E-state index contributed by atoms with van der Waals surface area (Å²) in [5, 5.41) is 3.22. The number of hydrogen-bond donors (Lipinski definition) is 1. The fourth-order valence-corrected chi connectivity index (χ4v) is 3.20. The van der Waals surface area contributed by atoms with E-state index in [-0.39, 0.29) is 24.0 Å². The molecule has 130 valence electrons. The minimum absolute atomic E-state index is 0. The normalized spacial score (nSPS) is 20.9. The summed E-state index contributed by atoms with van der Waals surface area (Å²) in [5.41, 5.74) is -0.598. The molecule has 1 heterocycles. The lowest BCUT2D eigenvalue weighted by molar-refractivity contribution is -0.139. The Morgan fingerprint density at radius 3 is 2.39 bits per heavy atom. The molecule has 1 aliphatic heterocycles. The lowest BCUT2D eigenvalue weighted by atomic mass is 9.93. The predicted octanol–water partition coefficient (Wildman–Crippen LogP) is 4.01. The van der Waals surface area contributed by atoms with Crippen molar-refractivity contribution in [3.05, 3.63) is 35.1 Å². The molecule has 1 saturated heterocycles. The molecule has 0 unspecified atom stereocenters. The van der Waals surface area contributed by atoms with Crippen LogP contribution in [0.4, 0.5) is 17.6 Å². The maximum Gasteiger partial charge on any atom is 0.416 e. The van der Waals surface area contributed by atoms with Gasteiger partial charge in [0.15, 0.2) is 0 Å². The van der Waals surface area contributed by atoms with Gasteiger partial charge in [0.25, 0.3) is 0 Å². The average Bonchev–Trinajstić information content (AvgIpc) is 3.29. The standard InChI is InChI=1S/C16H20F4N2.ClH/c17-12-3-4-13(14(10-12)16(18,19)20)15(9-11-1-2-11)22-7-5-21-6-8-22;/h3-4,10-11,15,21H,1-2,5-9H2;1H/t15-;/m0./s1. The third-order valence-electron chi connectivity index (χ3n) is 4.53. The SMILES string of the molecule is Cl.Fc1ccc([C@H](CC2CC2)N2CCNCC2)c(C(F)(F)F)c1. The number of rotatable bonds is 4. The van der Waals surface area contributed by atoms with Gasteiger partial charge in [-0.15, -0.1) is 12.4 Å². The zero-order chi connectivity index (χ0) is 15.7. The number of halogens is 5. The van der Waals surface area contributed by atoms with E-state index in [1.54, 1.807) is 0 Å². The first kappa shape index (κ1) is 18.5. The molecule has 0 aromatic heterocycles. The zero-order valence-corrected chi connectivity index (χ0v) is 13.5. The molecule has 1 N–H and O–H groups in total. The van der Waals surface area contributed by atoms with Crippen molar-refractivity contribution in [2.45, 2.75) is 31.5 Å². The Labute approximate surface area is 139 Å². The largest absolute Gasteiger partial charge is 0.416 e. The highest BCUT2D eigenvalue weighted by molar-refractivity contribution is 5.85. The Morgan fingerprint density at radius 2 is 1.83 bits per heavy atom. The summed E-state index contributed by atoms with van der Waals surface area (Å²) in [5.74, 6) is -0.326. The first-order chi connectivity index (χ1) is 10.4. The van der Waals surface area contributed by atoms with E-state index in [2.05, 4.69) is 10.2 Å². The van der Waals surface area contributed by atoms with Crippen molar-refractivity contribution in [2.75, 3.05) is 26.2 Å². The number of hydrogen-bond acceptors (Lipinski definition) is 2. The summed E-state index contributed by atoms with van der Waals surface area (Å²) in [6, 6.07) is 2.84. The molecule has 1 aromatic rings. The van der Waals surface area contributed by atoms with Crippen LogP contribution in [0.2, 0.25) is 0 Å². The lowest BCUT2D eigenvalue weighted by Crippen LogP contribution is -2.45. The van der Waals surface area contributed by atoms with Gasteiger partial charge in [-0.3, -0.25) is 4.90 Å². The first-order valence-electron chi connectivity index (χ1n) is 7.76. The highest BCUT2D eigenvalue weighted by Gasteiger charge is 2.39. The van der Waals surface area contributed by atoms with Gasteiger partial charge >= 0.3 is 6.18 Å². The molecule has 1 atom stereocenters. The van der Waals surface area contributed by atoms with E-state index < -0.39 is 17.6 Å². The molecule has 2 nitrogen and oxygen atoms in total. The summed E-state index contributed by atoms with van der Waals surface area (Å²) in [6.07, 6.45) is -1.61. The summed E-state index contributed by atoms with van der Waals surface area (Å²) in [4.78, 5) is 2.11. The Hall–Kier alpha value is -0.850. The second-order valence-corrected chi connectivity index (χ2v) is 6.21. The van der Waals surface area contributed by atoms with Crippen molar-refractivity contribution < 1.29 is 17.6 Å². The van der Waals surface area contributed by atoms with Crippen LogP contribution in [0, 0.1) is 11.7 Å². The Bertz CT molecular complexity index is 525. The summed E-state index contributed by atoms with van der Waals surface area (Å²) < 4.78 is 53.3. The van der Waals surface area contributed by atoms with Crippen LogP contribution in [-0.2, 0) is 6.18 Å². The van der Waals surface area contributed by atoms with E-state index in [4.69, 9.17) is 0 Å². The maximum absolute atomic E-state index is 13.3. The number of nitrogens with zero attached hydrogens (tertiary/aromatic N) is 1. The summed E-state index contributed by atoms with van der Waals surface area (Å²) in [7, 11) is 0. The minimum Gasteiger partial charge on any atom is -0.314 e. The Morgan fingerprint density at radius 1 is 1.17 bits per heavy atom. The Kier molecular flexibility index (Phi) is 5.92. The summed E-state index contributed by atoms with van der Waals surface area (Å²) in [6.45, 7) is 3.02. The fraction of sp³-hybridized carbons (Fsp3) is 0.625. The average molecular weight is 353 g/mol. The quantitative estimate of drug-likeness (QED) is 0.824. The molecule has 1 aliphatic carbocycles. The predicted molar refractivity (Wildman–Crippen MR) is 83.2 cm³/mol. The van der Waals surface area contributed by atoms with Gasteiger partial charge in [-0.1, -0.05) is 18.9 Å². The van der Waals surface area contributed by atoms with Gasteiger partial charge in [0.05, 0.1) is 5.56 Å². The van der Waals surface area contributed by atoms with Crippen molar-refractivity contribution in [3.8, 4) is 0 Å². The molecule has 1 aromatic carbocycles. The van der Waals surface area contributed by atoms with Crippen molar-refractivity contribution in [2.24, 2.45) is 5.92 Å². The highest BCUT2D eigenvalue weighted by Crippen LogP contribution is 2.43. The van der Waals surface area contributed by atoms with E-state index in [0.29, 0.717) is 12.0 Å².